The first-order valence-electron chi connectivity index (χ1n) is 12.2. The fourth-order valence-electron chi connectivity index (χ4n) is 4.01. The molecule has 0 saturated carbocycles. The van der Waals surface area contributed by atoms with Crippen LogP contribution in [0.15, 0.2) is 30.3 Å². The Bertz CT molecular complexity index is 916. The average Bonchev–Trinajstić information content (AvgIpc) is 3.36. The van der Waals surface area contributed by atoms with Crippen LogP contribution < -0.4 is 21.3 Å². The third kappa shape index (κ3) is 9.65. The summed E-state index contributed by atoms with van der Waals surface area (Å²) in [4.78, 5) is 61.6. The van der Waals surface area contributed by atoms with Gasteiger partial charge in [0.15, 0.2) is 0 Å². The summed E-state index contributed by atoms with van der Waals surface area (Å²) in [7, 11) is 0. The molecule has 2 rings (SSSR count). The molecule has 0 spiro atoms. The van der Waals surface area contributed by atoms with Gasteiger partial charge in [-0.05, 0) is 43.7 Å². The van der Waals surface area contributed by atoms with E-state index >= 15 is 0 Å². The summed E-state index contributed by atoms with van der Waals surface area (Å²) in [6.45, 7) is 4.37. The molecule has 1 saturated heterocycles. The molecule has 198 valence electrons. The maximum Gasteiger partial charge on any atom is 0.326 e. The second-order valence-corrected chi connectivity index (χ2v) is 9.42. The number of hydrogen-bond donors (Lipinski definition) is 6. The Morgan fingerprint density at radius 2 is 1.58 bits per heavy atom. The second kappa shape index (κ2) is 14.2. The minimum Gasteiger partial charge on any atom is -0.481 e. The Morgan fingerprint density at radius 1 is 0.944 bits per heavy atom. The standard InChI is InChI=1S/C25H36N4O7/c1-15(2)13-19(24(34)29-20(25(35)36)14-16-7-4-3-5-8-16)28-23(33)18(10-11-21(30)31)27-22(32)17-9-6-12-26-17/h3-5,7-8,15,17-20,26H,6,9-14H2,1-2H3,(H,27,32)(H,28,33)(H,29,34)(H,30,31)(H,35,36)/t17-,18-,19-,20-/m0/s1. The highest BCUT2D eigenvalue weighted by Gasteiger charge is 2.32. The molecule has 0 aromatic heterocycles. The summed E-state index contributed by atoms with van der Waals surface area (Å²) in [5.74, 6) is -4.12. The molecule has 6 N–H and O–H groups in total. The molecule has 36 heavy (non-hydrogen) atoms. The Kier molecular flexibility index (Phi) is 11.3. The number of aliphatic carboxylic acids is 2. The molecule has 1 fully saturated rings. The molecule has 0 aliphatic carbocycles. The van der Waals surface area contributed by atoms with Gasteiger partial charge in [-0.3, -0.25) is 19.2 Å². The van der Waals surface area contributed by atoms with Crippen LogP contribution in [0.2, 0.25) is 0 Å². The fourth-order valence-corrected chi connectivity index (χ4v) is 4.01. The van der Waals surface area contributed by atoms with E-state index < -0.39 is 53.8 Å². The summed E-state index contributed by atoms with van der Waals surface area (Å²) in [5.41, 5.74) is 0.728. The smallest absolute Gasteiger partial charge is 0.326 e. The fraction of sp³-hybridized carbons (Fsp3) is 0.560. The van der Waals surface area contributed by atoms with Gasteiger partial charge in [0.1, 0.15) is 18.1 Å². The van der Waals surface area contributed by atoms with Crippen LogP contribution in [0.4, 0.5) is 0 Å². The van der Waals surface area contributed by atoms with Gasteiger partial charge in [0.05, 0.1) is 6.04 Å². The number of carboxylic acid groups (broad SMARTS) is 2. The van der Waals surface area contributed by atoms with Gasteiger partial charge in [0.25, 0.3) is 0 Å². The van der Waals surface area contributed by atoms with Crippen molar-refractivity contribution in [2.24, 2.45) is 5.92 Å². The zero-order chi connectivity index (χ0) is 26.7. The van der Waals surface area contributed by atoms with Crippen LogP contribution in [0.5, 0.6) is 0 Å². The highest BCUT2D eigenvalue weighted by atomic mass is 16.4. The normalized spacial score (nSPS) is 17.6. The van der Waals surface area contributed by atoms with Crippen LogP contribution >= 0.6 is 0 Å². The van der Waals surface area contributed by atoms with Crippen LogP contribution in [0, 0.1) is 5.92 Å². The number of benzene rings is 1. The van der Waals surface area contributed by atoms with Gasteiger partial charge in [0, 0.05) is 12.8 Å². The number of amides is 3. The minimum absolute atomic E-state index is 0.0202. The lowest BCUT2D eigenvalue weighted by atomic mass is 10.0. The van der Waals surface area contributed by atoms with Gasteiger partial charge in [0.2, 0.25) is 17.7 Å². The number of carboxylic acids is 2. The monoisotopic (exact) mass is 504 g/mol. The Hall–Kier alpha value is -3.47. The van der Waals surface area contributed by atoms with Crippen molar-refractivity contribution in [2.45, 2.75) is 76.5 Å². The highest BCUT2D eigenvalue weighted by Crippen LogP contribution is 2.10. The zero-order valence-electron chi connectivity index (χ0n) is 20.7. The molecule has 3 amide bonds. The first-order valence-corrected chi connectivity index (χ1v) is 12.2. The summed E-state index contributed by atoms with van der Waals surface area (Å²) in [6, 6.07) is 4.96. The molecule has 1 aromatic rings. The molecule has 11 nitrogen and oxygen atoms in total. The van der Waals surface area contributed by atoms with Crippen molar-refractivity contribution in [2.75, 3.05) is 6.54 Å². The van der Waals surface area contributed by atoms with E-state index in [2.05, 4.69) is 21.3 Å². The molecule has 1 aromatic carbocycles. The van der Waals surface area contributed by atoms with Crippen molar-refractivity contribution in [1.29, 1.82) is 0 Å². The summed E-state index contributed by atoms with van der Waals surface area (Å²) < 4.78 is 0. The molecular weight excluding hydrogens is 468 g/mol. The molecule has 11 heteroatoms. The molecule has 0 bridgehead atoms. The summed E-state index contributed by atoms with van der Waals surface area (Å²) in [5, 5.41) is 29.4. The second-order valence-electron chi connectivity index (χ2n) is 9.42. The molecule has 0 radical (unpaired) electrons. The SMILES string of the molecule is CC(C)C[C@H](NC(=O)[C@H](CCC(=O)O)NC(=O)[C@@H]1CCCN1)C(=O)N[C@@H](Cc1ccccc1)C(=O)O. The van der Waals surface area contributed by atoms with Crippen molar-refractivity contribution >= 4 is 29.7 Å². The van der Waals surface area contributed by atoms with Crippen LogP contribution in [0.3, 0.4) is 0 Å². The van der Waals surface area contributed by atoms with Gasteiger partial charge in [-0.2, -0.15) is 0 Å². The van der Waals surface area contributed by atoms with Gasteiger partial charge < -0.3 is 31.5 Å². The van der Waals surface area contributed by atoms with E-state index in [0.717, 1.165) is 12.0 Å². The number of nitrogens with one attached hydrogen (secondary N) is 4. The molecule has 1 aliphatic rings. The Balaban J connectivity index is 2.12. The first kappa shape index (κ1) is 28.8. The van der Waals surface area contributed by atoms with Crippen molar-refractivity contribution in [3.8, 4) is 0 Å². The van der Waals surface area contributed by atoms with Crippen molar-refractivity contribution < 1.29 is 34.2 Å². The van der Waals surface area contributed by atoms with Gasteiger partial charge in [-0.15, -0.1) is 0 Å². The van der Waals surface area contributed by atoms with Gasteiger partial charge >= 0.3 is 11.9 Å². The largest absolute Gasteiger partial charge is 0.481 e. The average molecular weight is 505 g/mol. The quantitative estimate of drug-likeness (QED) is 0.211. The maximum absolute atomic E-state index is 13.1. The number of hydrogen-bond acceptors (Lipinski definition) is 6. The van der Waals surface area contributed by atoms with Crippen LogP contribution in [0.25, 0.3) is 0 Å². The van der Waals surface area contributed by atoms with E-state index in [0.29, 0.717) is 13.0 Å². The van der Waals surface area contributed by atoms with E-state index in [1.54, 1.807) is 30.3 Å². The van der Waals surface area contributed by atoms with Gasteiger partial charge in [-0.25, -0.2) is 4.79 Å². The van der Waals surface area contributed by atoms with Crippen LogP contribution in [-0.4, -0.2) is 70.6 Å². The van der Waals surface area contributed by atoms with E-state index in [1.807, 2.05) is 13.8 Å². The first-order chi connectivity index (χ1) is 17.1. The van der Waals surface area contributed by atoms with Crippen molar-refractivity contribution in [1.82, 2.24) is 21.3 Å². The predicted octanol–water partition coefficient (Wildman–Crippen LogP) is 0.431. The van der Waals surface area contributed by atoms with Crippen molar-refractivity contribution in [3.05, 3.63) is 35.9 Å². The van der Waals surface area contributed by atoms with E-state index in [-0.39, 0.29) is 31.6 Å². The highest BCUT2D eigenvalue weighted by molar-refractivity contribution is 5.94. The van der Waals surface area contributed by atoms with Gasteiger partial charge in [-0.1, -0.05) is 44.2 Å². The van der Waals surface area contributed by atoms with E-state index in [4.69, 9.17) is 5.11 Å². The summed E-state index contributed by atoms with van der Waals surface area (Å²) in [6.07, 6.45) is 1.20. The molecule has 1 aliphatic heterocycles. The predicted molar refractivity (Wildman–Crippen MR) is 131 cm³/mol. The molecule has 1 heterocycles. The van der Waals surface area contributed by atoms with Crippen molar-refractivity contribution in [3.63, 3.8) is 0 Å². The number of rotatable bonds is 14. The lowest BCUT2D eigenvalue weighted by molar-refractivity contribution is -0.142. The Morgan fingerprint density at radius 3 is 2.14 bits per heavy atom. The third-order valence-electron chi connectivity index (χ3n) is 5.89. The minimum atomic E-state index is -1.21. The lowest BCUT2D eigenvalue weighted by Crippen LogP contribution is -2.57. The topological polar surface area (TPSA) is 174 Å². The zero-order valence-corrected chi connectivity index (χ0v) is 20.7. The summed E-state index contributed by atoms with van der Waals surface area (Å²) >= 11 is 0. The molecule has 4 atom stereocenters. The third-order valence-corrected chi connectivity index (χ3v) is 5.89. The lowest BCUT2D eigenvalue weighted by Gasteiger charge is -2.26. The van der Waals surface area contributed by atoms with Crippen LogP contribution in [0.1, 0.15) is 51.5 Å². The van der Waals surface area contributed by atoms with Crippen LogP contribution in [-0.2, 0) is 30.4 Å². The van der Waals surface area contributed by atoms with E-state index in [1.165, 1.54) is 0 Å². The number of carbonyl (C=O) groups excluding carboxylic acids is 3. The molecule has 0 unspecified atom stereocenters. The maximum atomic E-state index is 13.1. The Labute approximate surface area is 210 Å². The number of carbonyl (C=O) groups is 5. The molecular formula is C25H36N4O7. The van der Waals surface area contributed by atoms with E-state index in [9.17, 15) is 29.1 Å².